The van der Waals surface area contributed by atoms with E-state index in [1.807, 2.05) is 0 Å². The van der Waals surface area contributed by atoms with E-state index < -0.39 is 39.0 Å². The molecule has 4 nitrogen and oxygen atoms in total. The Balaban J connectivity index is 1.76. The van der Waals surface area contributed by atoms with Gasteiger partial charge in [0.1, 0.15) is 4.90 Å². The summed E-state index contributed by atoms with van der Waals surface area (Å²) in [6.45, 7) is 0. The van der Waals surface area contributed by atoms with Gasteiger partial charge >= 0.3 is 16.3 Å². The number of fused-ring (bicyclic) bond motifs is 1. The van der Waals surface area contributed by atoms with Crippen molar-refractivity contribution in [1.29, 1.82) is 0 Å². The standard InChI is InChI=1S/C16H15F5N2O2S/c17-26(18,19,20,21)12-6-3-5-11(9-12)22-16(25)23-15-13-7-2-1-4-10(13)8-14(15)24/h1-7,9,14-15,24H,8H2,(H2,22,23,25). The van der Waals surface area contributed by atoms with E-state index in [2.05, 4.69) is 10.6 Å². The van der Waals surface area contributed by atoms with E-state index >= 15 is 0 Å². The molecule has 0 fully saturated rings. The lowest BCUT2D eigenvalue weighted by Crippen LogP contribution is -2.36. The Morgan fingerprint density at radius 1 is 1.04 bits per heavy atom. The normalized spacial score (nSPS) is 22.1. The van der Waals surface area contributed by atoms with Gasteiger partial charge in [-0.1, -0.05) is 49.8 Å². The SMILES string of the molecule is O=C(Nc1cccc(S(F)(F)(F)(F)F)c1)NC1c2ccccc2CC1O. The van der Waals surface area contributed by atoms with Crippen molar-refractivity contribution in [3.05, 3.63) is 59.7 Å². The molecular weight excluding hydrogens is 379 g/mol. The minimum Gasteiger partial charge on any atom is -0.390 e. The Morgan fingerprint density at radius 3 is 2.42 bits per heavy atom. The summed E-state index contributed by atoms with van der Waals surface area (Å²) >= 11 is 0. The van der Waals surface area contributed by atoms with Crippen molar-refractivity contribution >= 4 is 21.9 Å². The average Bonchev–Trinajstić information content (AvgIpc) is 2.81. The van der Waals surface area contributed by atoms with Crippen molar-refractivity contribution < 1.29 is 29.3 Å². The zero-order valence-corrected chi connectivity index (χ0v) is 14.0. The fourth-order valence-electron chi connectivity index (χ4n) is 2.87. The van der Waals surface area contributed by atoms with Gasteiger partial charge in [-0.05, 0) is 29.3 Å². The van der Waals surface area contributed by atoms with Crippen LogP contribution in [-0.2, 0) is 6.42 Å². The van der Waals surface area contributed by atoms with E-state index in [-0.39, 0.29) is 12.1 Å². The molecule has 26 heavy (non-hydrogen) atoms. The number of carbonyl (C=O) groups is 1. The van der Waals surface area contributed by atoms with Crippen LogP contribution in [0.5, 0.6) is 0 Å². The summed E-state index contributed by atoms with van der Waals surface area (Å²) in [4.78, 5) is 9.96. The first-order valence-electron chi connectivity index (χ1n) is 7.51. The number of nitrogens with one attached hydrogen (secondary N) is 2. The molecule has 0 saturated carbocycles. The Morgan fingerprint density at radius 2 is 1.73 bits per heavy atom. The van der Waals surface area contributed by atoms with Gasteiger partial charge in [0.25, 0.3) is 0 Å². The van der Waals surface area contributed by atoms with E-state index in [0.717, 1.165) is 17.7 Å². The maximum atomic E-state index is 12.8. The van der Waals surface area contributed by atoms with Crippen LogP contribution in [0.4, 0.5) is 29.9 Å². The number of halogens is 5. The molecule has 2 unspecified atom stereocenters. The number of rotatable bonds is 3. The molecule has 3 N–H and O–H groups in total. The first-order chi connectivity index (χ1) is 11.8. The Hall–Kier alpha value is -2.33. The molecule has 0 radical (unpaired) electrons. The Kier molecular flexibility index (Phi) is 3.79. The molecule has 3 rings (SSSR count). The molecule has 1 aliphatic rings. The molecule has 10 heteroatoms. The summed E-state index contributed by atoms with van der Waals surface area (Å²) < 4.78 is 64.2. The third kappa shape index (κ3) is 3.91. The third-order valence-electron chi connectivity index (χ3n) is 4.03. The first-order valence-corrected chi connectivity index (χ1v) is 9.46. The summed E-state index contributed by atoms with van der Waals surface area (Å²) in [6, 6.07) is 7.62. The summed E-state index contributed by atoms with van der Waals surface area (Å²) in [6.07, 6.45) is -0.574. The number of urea groups is 1. The lowest BCUT2D eigenvalue weighted by Gasteiger charge is -2.40. The van der Waals surface area contributed by atoms with Crippen LogP contribution in [0.1, 0.15) is 17.2 Å². The van der Waals surface area contributed by atoms with Crippen LogP contribution in [-0.4, -0.2) is 17.2 Å². The second-order valence-corrected chi connectivity index (χ2v) is 8.45. The number of hydrogen-bond donors (Lipinski definition) is 3. The highest BCUT2D eigenvalue weighted by molar-refractivity contribution is 8.45. The van der Waals surface area contributed by atoms with Crippen molar-refractivity contribution in [3.8, 4) is 0 Å². The van der Waals surface area contributed by atoms with Gasteiger partial charge in [0.15, 0.2) is 0 Å². The van der Waals surface area contributed by atoms with E-state index in [1.54, 1.807) is 24.3 Å². The lowest BCUT2D eigenvalue weighted by molar-refractivity contribution is 0.144. The molecule has 0 saturated heterocycles. The van der Waals surface area contributed by atoms with Gasteiger partial charge in [0.05, 0.1) is 12.1 Å². The molecule has 2 aromatic rings. The number of hydrogen-bond acceptors (Lipinski definition) is 2. The zero-order valence-electron chi connectivity index (χ0n) is 13.1. The molecular formula is C16H15F5N2O2S. The minimum atomic E-state index is -9.83. The van der Waals surface area contributed by atoms with Crippen molar-refractivity contribution in [2.75, 3.05) is 5.32 Å². The number of benzene rings is 2. The van der Waals surface area contributed by atoms with E-state index in [0.29, 0.717) is 12.0 Å². The van der Waals surface area contributed by atoms with Gasteiger partial charge in [-0.25, -0.2) is 4.79 Å². The number of carbonyl (C=O) groups excluding carboxylic acids is 1. The first kappa shape index (κ1) is 18.5. The fraction of sp³-hybridized carbons (Fsp3) is 0.188. The molecule has 0 aliphatic heterocycles. The molecule has 2 aromatic carbocycles. The van der Waals surface area contributed by atoms with E-state index in [1.165, 1.54) is 0 Å². The quantitative estimate of drug-likeness (QED) is 0.633. The van der Waals surface area contributed by atoms with Crippen LogP contribution in [0.3, 0.4) is 0 Å². The molecule has 0 spiro atoms. The number of aliphatic hydroxyl groups is 1. The topological polar surface area (TPSA) is 61.4 Å². The smallest absolute Gasteiger partial charge is 0.319 e. The van der Waals surface area contributed by atoms with Crippen LogP contribution in [0.25, 0.3) is 0 Å². The Labute approximate surface area is 145 Å². The van der Waals surface area contributed by atoms with Gasteiger partial charge in [-0.15, -0.1) is 0 Å². The van der Waals surface area contributed by atoms with Crippen LogP contribution in [0.2, 0.25) is 0 Å². The fourth-order valence-corrected chi connectivity index (χ4v) is 3.56. The highest BCUT2D eigenvalue weighted by Gasteiger charge is 2.65. The van der Waals surface area contributed by atoms with Crippen LogP contribution in [0, 0.1) is 0 Å². The highest BCUT2D eigenvalue weighted by Crippen LogP contribution is 3.02. The van der Waals surface area contributed by atoms with Crippen LogP contribution in [0.15, 0.2) is 53.4 Å². The molecule has 0 heterocycles. The second-order valence-electron chi connectivity index (χ2n) is 6.04. The third-order valence-corrected chi connectivity index (χ3v) is 5.17. The van der Waals surface area contributed by atoms with Gasteiger partial charge in [-0.3, -0.25) is 0 Å². The molecule has 0 bridgehead atoms. The molecule has 0 aromatic heterocycles. The summed E-state index contributed by atoms with van der Waals surface area (Å²) in [5.74, 6) is 0. The monoisotopic (exact) mass is 394 g/mol. The van der Waals surface area contributed by atoms with E-state index in [4.69, 9.17) is 0 Å². The van der Waals surface area contributed by atoms with Gasteiger partial charge < -0.3 is 15.7 Å². The van der Waals surface area contributed by atoms with Crippen LogP contribution < -0.4 is 10.6 Å². The van der Waals surface area contributed by atoms with Crippen molar-refractivity contribution in [2.45, 2.75) is 23.5 Å². The van der Waals surface area contributed by atoms with Gasteiger partial charge in [0.2, 0.25) is 0 Å². The summed E-state index contributed by atoms with van der Waals surface area (Å²) in [7, 11) is -9.83. The van der Waals surface area contributed by atoms with Crippen molar-refractivity contribution in [3.63, 3.8) is 0 Å². The summed E-state index contributed by atoms with van der Waals surface area (Å²) in [5.41, 5.74) is 1.10. The lowest BCUT2D eigenvalue weighted by atomic mass is 10.1. The largest absolute Gasteiger partial charge is 0.390 e. The number of aliphatic hydroxyl groups excluding tert-OH is 1. The Bertz CT molecular complexity index is 873. The maximum Gasteiger partial charge on any atom is 0.319 e. The predicted octanol–water partition coefficient (Wildman–Crippen LogP) is 5.12. The highest BCUT2D eigenvalue weighted by atomic mass is 32.5. The molecule has 1 aliphatic carbocycles. The average molecular weight is 394 g/mol. The maximum absolute atomic E-state index is 12.8. The minimum absolute atomic E-state index is 0.181. The molecule has 2 atom stereocenters. The van der Waals surface area contributed by atoms with Crippen LogP contribution >= 0.6 is 10.2 Å². The van der Waals surface area contributed by atoms with Crippen molar-refractivity contribution in [1.82, 2.24) is 5.32 Å². The van der Waals surface area contributed by atoms with Gasteiger partial charge in [0, 0.05) is 12.1 Å². The number of amides is 2. The zero-order chi connectivity index (χ0) is 19.2. The van der Waals surface area contributed by atoms with Gasteiger partial charge in [-0.2, -0.15) is 0 Å². The predicted molar refractivity (Wildman–Crippen MR) is 88.9 cm³/mol. The second kappa shape index (κ2) is 5.34. The van der Waals surface area contributed by atoms with Crippen molar-refractivity contribution in [2.24, 2.45) is 0 Å². The number of anilines is 1. The molecule has 2 amide bonds. The molecule has 142 valence electrons. The summed E-state index contributed by atoms with van der Waals surface area (Å²) in [5, 5.41) is 14.6. The van der Waals surface area contributed by atoms with E-state index in [9.17, 15) is 29.3 Å².